The molecule has 0 fully saturated rings. The van der Waals surface area contributed by atoms with E-state index in [0.717, 1.165) is 0 Å². The first-order valence-corrected chi connectivity index (χ1v) is 7.10. The van der Waals surface area contributed by atoms with Gasteiger partial charge in [0.05, 0.1) is 26.4 Å². The van der Waals surface area contributed by atoms with Crippen LogP contribution in [0.4, 0.5) is 0 Å². The van der Waals surface area contributed by atoms with Gasteiger partial charge in [0.2, 0.25) is 0 Å². The van der Waals surface area contributed by atoms with E-state index in [0.29, 0.717) is 0 Å². The van der Waals surface area contributed by atoms with Crippen molar-refractivity contribution < 1.29 is 19.1 Å². The predicted molar refractivity (Wildman–Crippen MR) is 86.8 cm³/mol. The number of carbonyl (C=O) groups is 2. The Balaban J connectivity index is 5.41. The fourth-order valence-corrected chi connectivity index (χ4v) is 2.15. The van der Waals surface area contributed by atoms with Crippen LogP contribution in [0.1, 0.15) is 25.7 Å². The minimum Gasteiger partial charge on any atom is -0.468 e. The molecule has 0 radical (unpaired) electrons. The molecule has 0 bridgehead atoms. The summed E-state index contributed by atoms with van der Waals surface area (Å²) in [6.07, 6.45) is 9.78. The van der Waals surface area contributed by atoms with Gasteiger partial charge in [-0.25, -0.2) is 0 Å². The van der Waals surface area contributed by atoms with Crippen LogP contribution < -0.4 is 0 Å². The van der Waals surface area contributed by atoms with Crippen molar-refractivity contribution in [2.45, 2.75) is 25.7 Å². The molecule has 0 aliphatic carbocycles. The molecule has 0 N–H and O–H groups in total. The molecule has 6 heteroatoms. The lowest BCUT2D eigenvalue weighted by Gasteiger charge is -2.25. The van der Waals surface area contributed by atoms with Gasteiger partial charge in [0, 0.05) is 6.42 Å². The SMILES string of the molecule is C#CCC(C#N)(C#N)C/C=C/CC(CC=C)(C(=O)OC)C(=O)OC. The molecule has 0 aromatic rings. The second kappa shape index (κ2) is 9.87. The number of hydrogen-bond donors (Lipinski definition) is 0. The summed E-state index contributed by atoms with van der Waals surface area (Å²) in [5.41, 5.74) is -2.88. The standard InChI is InChI=1S/C18H20N2O4/c1-5-9-17(13-19,14-20)11-7-8-12-18(10-6-2,15(21)23-3)16(22)24-4/h1,6-8H,2,9-12H2,3-4H3/b8-7+. The number of terminal acetylenes is 1. The second-order valence-corrected chi connectivity index (χ2v) is 5.12. The van der Waals surface area contributed by atoms with Gasteiger partial charge in [-0.15, -0.1) is 18.9 Å². The number of allylic oxidation sites excluding steroid dienone is 3. The van der Waals surface area contributed by atoms with E-state index in [2.05, 4.69) is 12.5 Å². The Morgan fingerprint density at radius 2 is 1.58 bits per heavy atom. The quantitative estimate of drug-likeness (QED) is 0.278. The van der Waals surface area contributed by atoms with Gasteiger partial charge >= 0.3 is 11.9 Å². The minimum atomic E-state index is -1.55. The summed E-state index contributed by atoms with van der Waals surface area (Å²) in [6, 6.07) is 3.81. The minimum absolute atomic E-state index is 0.0125. The molecule has 126 valence electrons. The highest BCUT2D eigenvalue weighted by molar-refractivity contribution is 6.00. The monoisotopic (exact) mass is 328 g/mol. The Bertz CT molecular complexity index is 599. The van der Waals surface area contributed by atoms with Crippen molar-refractivity contribution in [2.75, 3.05) is 14.2 Å². The van der Waals surface area contributed by atoms with E-state index >= 15 is 0 Å². The van der Waals surface area contributed by atoms with Crippen molar-refractivity contribution in [3.05, 3.63) is 24.8 Å². The molecule has 0 spiro atoms. The molecule has 6 nitrogen and oxygen atoms in total. The van der Waals surface area contributed by atoms with Gasteiger partial charge in [0.15, 0.2) is 10.8 Å². The van der Waals surface area contributed by atoms with Crippen molar-refractivity contribution >= 4 is 11.9 Å². The summed E-state index contributed by atoms with van der Waals surface area (Å²) in [4.78, 5) is 24.2. The summed E-state index contributed by atoms with van der Waals surface area (Å²) in [5.74, 6) is 0.820. The molecule has 0 saturated heterocycles. The van der Waals surface area contributed by atoms with Crippen LogP contribution >= 0.6 is 0 Å². The predicted octanol–water partition coefficient (Wildman–Crippen LogP) is 2.29. The van der Waals surface area contributed by atoms with Gasteiger partial charge in [0.25, 0.3) is 0 Å². The van der Waals surface area contributed by atoms with E-state index in [-0.39, 0.29) is 25.7 Å². The highest BCUT2D eigenvalue weighted by Gasteiger charge is 2.46. The summed E-state index contributed by atoms with van der Waals surface area (Å²) in [6.45, 7) is 3.55. The van der Waals surface area contributed by atoms with E-state index < -0.39 is 22.8 Å². The smallest absolute Gasteiger partial charge is 0.323 e. The second-order valence-electron chi connectivity index (χ2n) is 5.12. The van der Waals surface area contributed by atoms with Crippen LogP contribution in [0.5, 0.6) is 0 Å². The zero-order valence-electron chi connectivity index (χ0n) is 13.9. The van der Waals surface area contributed by atoms with Gasteiger partial charge in [0.1, 0.15) is 0 Å². The topological polar surface area (TPSA) is 100 Å². The lowest BCUT2D eigenvalue weighted by atomic mass is 9.80. The molecule has 24 heavy (non-hydrogen) atoms. The Morgan fingerprint density at radius 1 is 1.08 bits per heavy atom. The first kappa shape index (κ1) is 21.0. The fraction of sp³-hybridized carbons (Fsp3) is 0.444. The lowest BCUT2D eigenvalue weighted by molar-refractivity contribution is -0.168. The number of rotatable bonds is 9. The van der Waals surface area contributed by atoms with Crippen molar-refractivity contribution in [1.82, 2.24) is 0 Å². The van der Waals surface area contributed by atoms with Crippen molar-refractivity contribution in [2.24, 2.45) is 10.8 Å². The maximum atomic E-state index is 12.1. The van der Waals surface area contributed by atoms with Gasteiger partial charge in [-0.2, -0.15) is 10.5 Å². The molecular formula is C18H20N2O4. The summed E-state index contributed by atoms with van der Waals surface area (Å²) < 4.78 is 9.43. The molecular weight excluding hydrogens is 308 g/mol. The molecule has 0 rings (SSSR count). The summed E-state index contributed by atoms with van der Waals surface area (Å²) >= 11 is 0. The molecule has 0 saturated carbocycles. The molecule has 0 aromatic carbocycles. The Kier molecular flexibility index (Phi) is 8.62. The summed E-state index contributed by atoms with van der Waals surface area (Å²) in [5, 5.41) is 18.3. The molecule has 0 amide bonds. The zero-order valence-corrected chi connectivity index (χ0v) is 13.9. The number of carbonyl (C=O) groups excluding carboxylic acids is 2. The van der Waals surface area contributed by atoms with Crippen molar-refractivity contribution in [1.29, 1.82) is 10.5 Å². The van der Waals surface area contributed by atoms with Crippen molar-refractivity contribution in [3.8, 4) is 24.5 Å². The fourth-order valence-electron chi connectivity index (χ4n) is 2.15. The molecule has 0 unspecified atom stereocenters. The molecule has 0 heterocycles. The highest BCUT2D eigenvalue weighted by atomic mass is 16.5. The number of methoxy groups -OCH3 is 2. The van der Waals surface area contributed by atoms with Crippen LogP contribution in [0.15, 0.2) is 24.8 Å². The molecule has 0 atom stereocenters. The maximum absolute atomic E-state index is 12.1. The number of ether oxygens (including phenoxy) is 2. The first-order valence-electron chi connectivity index (χ1n) is 7.10. The van der Waals surface area contributed by atoms with E-state index in [1.54, 1.807) is 6.08 Å². The largest absolute Gasteiger partial charge is 0.468 e. The number of esters is 2. The lowest BCUT2D eigenvalue weighted by Crippen LogP contribution is -2.40. The van der Waals surface area contributed by atoms with E-state index in [1.165, 1.54) is 26.4 Å². The van der Waals surface area contributed by atoms with Crippen LogP contribution in [0.3, 0.4) is 0 Å². The number of nitriles is 2. The zero-order chi connectivity index (χ0) is 18.6. The van der Waals surface area contributed by atoms with E-state index in [9.17, 15) is 9.59 Å². The van der Waals surface area contributed by atoms with Crippen molar-refractivity contribution in [3.63, 3.8) is 0 Å². The van der Waals surface area contributed by atoms with Crippen LogP contribution in [0.25, 0.3) is 0 Å². The Labute approximate surface area is 142 Å². The first-order chi connectivity index (χ1) is 11.4. The number of nitrogens with zero attached hydrogens (tertiary/aromatic N) is 2. The summed E-state index contributed by atoms with van der Waals surface area (Å²) in [7, 11) is 2.35. The molecule has 0 aliphatic rings. The third-order valence-corrected chi connectivity index (χ3v) is 3.58. The molecule has 0 aromatic heterocycles. The van der Waals surface area contributed by atoms with E-state index in [4.69, 9.17) is 26.4 Å². The normalized spacial score (nSPS) is 11.0. The van der Waals surface area contributed by atoms with Crippen LogP contribution in [0.2, 0.25) is 0 Å². The Hall–Kier alpha value is -3.04. The third kappa shape index (κ3) is 4.73. The van der Waals surface area contributed by atoms with Gasteiger partial charge in [-0.1, -0.05) is 18.2 Å². The third-order valence-electron chi connectivity index (χ3n) is 3.58. The maximum Gasteiger partial charge on any atom is 0.323 e. The van der Waals surface area contributed by atoms with Crippen LogP contribution in [0, 0.1) is 45.8 Å². The van der Waals surface area contributed by atoms with E-state index in [1.807, 2.05) is 12.1 Å². The van der Waals surface area contributed by atoms with Gasteiger partial charge < -0.3 is 9.47 Å². The van der Waals surface area contributed by atoms with Crippen LogP contribution in [-0.2, 0) is 19.1 Å². The van der Waals surface area contributed by atoms with Gasteiger partial charge in [-0.05, 0) is 19.3 Å². The Morgan fingerprint density at radius 3 is 1.96 bits per heavy atom. The van der Waals surface area contributed by atoms with Crippen LogP contribution in [-0.4, -0.2) is 26.2 Å². The average Bonchev–Trinajstić information content (AvgIpc) is 2.61. The highest BCUT2D eigenvalue weighted by Crippen LogP contribution is 2.32. The number of hydrogen-bond acceptors (Lipinski definition) is 6. The average molecular weight is 328 g/mol. The molecule has 0 aliphatic heterocycles. The van der Waals surface area contributed by atoms with Gasteiger partial charge in [-0.3, -0.25) is 9.59 Å².